The van der Waals surface area contributed by atoms with Crippen LogP contribution >= 0.6 is 11.3 Å². The third-order valence-electron chi connectivity index (χ3n) is 7.10. The van der Waals surface area contributed by atoms with Crippen molar-refractivity contribution < 1.29 is 22.8 Å². The van der Waals surface area contributed by atoms with E-state index in [1.807, 2.05) is 44.2 Å². The third kappa shape index (κ3) is 7.06. The number of amides is 3. The van der Waals surface area contributed by atoms with Crippen molar-refractivity contribution in [3.63, 3.8) is 0 Å². The number of rotatable bonds is 9. The quantitative estimate of drug-likeness (QED) is 0.312. The Morgan fingerprint density at radius 1 is 0.952 bits per heavy atom. The number of anilines is 1. The summed E-state index contributed by atoms with van der Waals surface area (Å²) < 4.78 is 28.5. The first-order valence-corrected chi connectivity index (χ1v) is 16.1. The van der Waals surface area contributed by atoms with Gasteiger partial charge < -0.3 is 5.32 Å². The highest BCUT2D eigenvalue weighted by atomic mass is 32.2. The molecule has 1 aromatic heterocycles. The molecule has 10 nitrogen and oxygen atoms in total. The van der Waals surface area contributed by atoms with Gasteiger partial charge in [-0.25, -0.2) is 8.42 Å². The number of carbonyl (C=O) groups is 3. The lowest BCUT2D eigenvalue weighted by molar-refractivity contribution is -0.119. The number of nitrogens with one attached hydrogen (secondary N) is 3. The van der Waals surface area contributed by atoms with Crippen molar-refractivity contribution in [2.45, 2.75) is 71.1 Å². The van der Waals surface area contributed by atoms with Crippen LogP contribution in [0, 0.1) is 0 Å². The van der Waals surface area contributed by atoms with Crippen LogP contribution in [0.25, 0.3) is 0 Å². The molecule has 3 aromatic rings. The van der Waals surface area contributed by atoms with E-state index >= 15 is 0 Å². The van der Waals surface area contributed by atoms with Gasteiger partial charge >= 0.3 is 0 Å². The number of nitrogens with zero attached hydrogens (tertiary/aromatic N) is 2. The Kier molecular flexibility index (Phi) is 9.82. The first kappa shape index (κ1) is 31.4. The fourth-order valence-corrected chi connectivity index (χ4v) is 7.69. The smallest absolute Gasteiger partial charge is 0.272 e. The number of fused-ring (bicyclic) bond motifs is 1. The van der Waals surface area contributed by atoms with Gasteiger partial charge in [-0.3, -0.25) is 30.1 Å². The van der Waals surface area contributed by atoms with E-state index in [-0.39, 0.29) is 23.0 Å². The van der Waals surface area contributed by atoms with Gasteiger partial charge in [-0.1, -0.05) is 30.3 Å². The van der Waals surface area contributed by atoms with Crippen LogP contribution in [0.3, 0.4) is 0 Å². The van der Waals surface area contributed by atoms with Gasteiger partial charge in [-0.05, 0) is 69.5 Å². The minimum atomic E-state index is -3.83. The largest absolute Gasteiger partial charge is 0.313 e. The summed E-state index contributed by atoms with van der Waals surface area (Å²) in [4.78, 5) is 41.1. The lowest BCUT2D eigenvalue weighted by Crippen LogP contribution is -2.41. The van der Waals surface area contributed by atoms with Gasteiger partial charge in [0, 0.05) is 49.1 Å². The highest BCUT2D eigenvalue weighted by Crippen LogP contribution is 2.38. The Morgan fingerprint density at radius 2 is 1.62 bits per heavy atom. The van der Waals surface area contributed by atoms with Crippen molar-refractivity contribution in [3.8, 4) is 0 Å². The molecule has 0 bridgehead atoms. The van der Waals surface area contributed by atoms with Crippen molar-refractivity contribution in [2.75, 3.05) is 11.9 Å². The molecule has 0 aliphatic carbocycles. The van der Waals surface area contributed by atoms with Crippen LogP contribution in [-0.4, -0.2) is 54.0 Å². The topological polar surface area (TPSA) is 128 Å². The predicted octanol–water partition coefficient (Wildman–Crippen LogP) is 4.15. The SMILES string of the molecule is CC(=O)NNC(=O)c1c(NC(=O)c2ccc(S(=O)(=O)N(Cc3ccccc3)C(C)C)cc2)sc2c1CCN(C(C)C)C2. The number of hydrogen-bond donors (Lipinski definition) is 3. The van der Waals surface area contributed by atoms with Gasteiger partial charge in [0.25, 0.3) is 11.8 Å². The lowest BCUT2D eigenvalue weighted by atomic mass is 10.0. The second-order valence-electron chi connectivity index (χ2n) is 10.8. The number of carbonyl (C=O) groups excluding carboxylic acids is 3. The van der Waals surface area contributed by atoms with E-state index in [9.17, 15) is 22.8 Å². The number of hydrazine groups is 1. The molecule has 0 radical (unpaired) electrons. The zero-order valence-electron chi connectivity index (χ0n) is 24.4. The Labute approximate surface area is 251 Å². The maximum Gasteiger partial charge on any atom is 0.272 e. The monoisotopic (exact) mass is 611 g/mol. The first-order valence-electron chi connectivity index (χ1n) is 13.8. The van der Waals surface area contributed by atoms with Crippen LogP contribution in [0.5, 0.6) is 0 Å². The van der Waals surface area contributed by atoms with Crippen molar-refractivity contribution in [1.82, 2.24) is 20.1 Å². The van der Waals surface area contributed by atoms with E-state index in [0.717, 1.165) is 22.5 Å². The molecule has 0 saturated heterocycles. The summed E-state index contributed by atoms with van der Waals surface area (Å²) in [5.74, 6) is -1.40. The molecule has 3 N–H and O–H groups in total. The standard InChI is InChI=1S/C30H37N5O5S2/c1-19(2)34-16-15-25-26(18-34)41-30(27(25)29(38)33-32-21(5)36)31-28(37)23-11-13-24(14-12-23)42(39,40)35(20(3)4)17-22-9-7-6-8-10-22/h6-14,19-20H,15-18H2,1-5H3,(H,31,37)(H,32,36)(H,33,38). The molecule has 0 spiro atoms. The van der Waals surface area contributed by atoms with E-state index in [4.69, 9.17) is 0 Å². The molecule has 12 heteroatoms. The predicted molar refractivity (Wildman–Crippen MR) is 164 cm³/mol. The summed E-state index contributed by atoms with van der Waals surface area (Å²) >= 11 is 1.33. The summed E-state index contributed by atoms with van der Waals surface area (Å²) in [5.41, 5.74) is 7.03. The van der Waals surface area contributed by atoms with Gasteiger partial charge in [-0.2, -0.15) is 4.31 Å². The van der Waals surface area contributed by atoms with Crippen LogP contribution < -0.4 is 16.2 Å². The molecule has 0 fully saturated rings. The molecule has 1 aliphatic heterocycles. The van der Waals surface area contributed by atoms with Gasteiger partial charge in [0.1, 0.15) is 5.00 Å². The minimum absolute atomic E-state index is 0.0828. The van der Waals surface area contributed by atoms with Crippen LogP contribution in [0.1, 0.15) is 71.3 Å². The van der Waals surface area contributed by atoms with Gasteiger partial charge in [0.2, 0.25) is 15.9 Å². The van der Waals surface area contributed by atoms with Crippen molar-refractivity contribution in [3.05, 3.63) is 81.7 Å². The van der Waals surface area contributed by atoms with E-state index in [2.05, 4.69) is 34.9 Å². The van der Waals surface area contributed by atoms with Crippen LogP contribution in [0.2, 0.25) is 0 Å². The molecular weight excluding hydrogens is 574 g/mol. The highest BCUT2D eigenvalue weighted by Gasteiger charge is 2.31. The summed E-state index contributed by atoms with van der Waals surface area (Å²) in [6, 6.07) is 15.2. The zero-order chi connectivity index (χ0) is 30.6. The molecule has 1 aliphatic rings. The Morgan fingerprint density at radius 3 is 2.21 bits per heavy atom. The second-order valence-corrected chi connectivity index (χ2v) is 13.8. The molecule has 2 heterocycles. The zero-order valence-corrected chi connectivity index (χ0v) is 26.1. The maximum absolute atomic E-state index is 13.5. The highest BCUT2D eigenvalue weighted by molar-refractivity contribution is 7.89. The molecule has 42 heavy (non-hydrogen) atoms. The number of hydrogen-bond acceptors (Lipinski definition) is 7. The van der Waals surface area contributed by atoms with E-state index in [0.29, 0.717) is 29.6 Å². The van der Waals surface area contributed by atoms with Crippen LogP contribution in [-0.2, 0) is 34.3 Å². The van der Waals surface area contributed by atoms with Gasteiger partial charge in [0.05, 0.1) is 10.5 Å². The number of benzene rings is 2. The van der Waals surface area contributed by atoms with Crippen LogP contribution in [0.15, 0.2) is 59.5 Å². The fraction of sp³-hybridized carbons (Fsp3) is 0.367. The maximum atomic E-state index is 13.5. The van der Waals surface area contributed by atoms with Gasteiger partial charge in [-0.15, -0.1) is 11.3 Å². The molecule has 3 amide bonds. The second kappa shape index (κ2) is 13.2. The Balaban J connectivity index is 1.57. The summed E-state index contributed by atoms with van der Waals surface area (Å²) in [6.07, 6.45) is 0.630. The molecule has 2 aromatic carbocycles. The Hall–Kier alpha value is -3.58. The van der Waals surface area contributed by atoms with Crippen molar-refractivity contribution in [1.29, 1.82) is 0 Å². The molecule has 0 unspecified atom stereocenters. The molecule has 224 valence electrons. The molecule has 0 atom stereocenters. The number of sulfonamides is 1. The minimum Gasteiger partial charge on any atom is -0.313 e. The number of thiophene rings is 1. The first-order chi connectivity index (χ1) is 19.9. The van der Waals surface area contributed by atoms with Crippen LogP contribution in [0.4, 0.5) is 5.00 Å². The molecule has 0 saturated carbocycles. The summed E-state index contributed by atoms with van der Waals surface area (Å²) in [7, 11) is -3.83. The van der Waals surface area contributed by atoms with Gasteiger partial charge in [0.15, 0.2) is 0 Å². The fourth-order valence-electron chi connectivity index (χ4n) is 4.80. The van der Waals surface area contributed by atoms with Crippen molar-refractivity contribution >= 4 is 44.1 Å². The average molecular weight is 612 g/mol. The molecular formula is C30H37N5O5S2. The summed E-state index contributed by atoms with van der Waals surface area (Å²) in [6.45, 7) is 10.8. The molecule has 4 rings (SSSR count). The summed E-state index contributed by atoms with van der Waals surface area (Å²) in [5, 5.41) is 3.23. The van der Waals surface area contributed by atoms with Crippen molar-refractivity contribution in [2.24, 2.45) is 0 Å². The van der Waals surface area contributed by atoms with E-state index in [1.165, 1.54) is 46.8 Å². The normalized spacial score (nSPS) is 13.7. The third-order valence-corrected chi connectivity index (χ3v) is 10.3. The van der Waals surface area contributed by atoms with E-state index in [1.54, 1.807) is 0 Å². The average Bonchev–Trinajstić information content (AvgIpc) is 3.31. The van der Waals surface area contributed by atoms with E-state index < -0.39 is 27.7 Å². The Bertz CT molecular complexity index is 1550. The lowest BCUT2D eigenvalue weighted by Gasteiger charge is -2.30.